The Hall–Kier alpha value is -2.18. The van der Waals surface area contributed by atoms with Crippen LogP contribution in [0.25, 0.3) is 11.3 Å². The maximum atomic E-state index is 12.6. The number of nitrogen functional groups attached to an aromatic ring is 1. The molecule has 4 nitrogen and oxygen atoms in total. The quantitative estimate of drug-likeness (QED) is 0.848. The van der Waals surface area contributed by atoms with Crippen LogP contribution >= 0.6 is 0 Å². The molecule has 0 aliphatic carbocycles. The minimum Gasteiger partial charge on any atom is -0.368 e. The number of nitrogens with zero attached hydrogens (tertiary/aromatic N) is 3. The fourth-order valence-electron chi connectivity index (χ4n) is 1.38. The number of rotatable bonds is 1. The molecule has 7 heteroatoms. The van der Waals surface area contributed by atoms with Crippen LogP contribution in [-0.4, -0.2) is 15.0 Å². The molecule has 0 aliphatic heterocycles. The van der Waals surface area contributed by atoms with E-state index < -0.39 is 17.8 Å². The summed E-state index contributed by atoms with van der Waals surface area (Å²) in [6.45, 7) is 1.78. The molecular weight excluding hydrogens is 245 g/mol. The molecule has 18 heavy (non-hydrogen) atoms. The second-order valence-corrected chi connectivity index (χ2v) is 3.68. The van der Waals surface area contributed by atoms with E-state index in [2.05, 4.69) is 15.0 Å². The third kappa shape index (κ3) is 2.55. The highest BCUT2D eigenvalue weighted by Crippen LogP contribution is 2.30. The number of aromatic nitrogens is 3. The Labute approximate surface area is 101 Å². The first-order valence-corrected chi connectivity index (χ1v) is 5.01. The van der Waals surface area contributed by atoms with Gasteiger partial charge < -0.3 is 5.73 Å². The van der Waals surface area contributed by atoms with E-state index >= 15 is 0 Å². The molecule has 0 atom stereocenters. The predicted octanol–water partition coefficient (Wildman–Crippen LogP) is 2.45. The molecule has 2 N–H and O–H groups in total. The average molecular weight is 254 g/mol. The van der Waals surface area contributed by atoms with Gasteiger partial charge in [-0.1, -0.05) is 0 Å². The number of halogens is 3. The molecule has 2 aromatic heterocycles. The molecule has 0 amide bonds. The molecule has 0 aliphatic rings. The lowest BCUT2D eigenvalue weighted by molar-refractivity contribution is -0.141. The number of hydrogen-bond acceptors (Lipinski definition) is 4. The van der Waals surface area contributed by atoms with Gasteiger partial charge in [0.25, 0.3) is 0 Å². The lowest BCUT2D eigenvalue weighted by atomic mass is 10.1. The number of aryl methyl sites for hydroxylation is 1. The van der Waals surface area contributed by atoms with Gasteiger partial charge in [-0.3, -0.25) is 4.98 Å². The standard InChI is InChI=1S/C11H9F3N4/c1-6-2-3-7(5-16-6)8-4-9(11(12,13)14)18-10(15)17-8/h2-5H,1H3,(H2,15,17,18). The summed E-state index contributed by atoms with van der Waals surface area (Å²) in [6.07, 6.45) is -3.11. The van der Waals surface area contributed by atoms with Crippen LogP contribution in [0.1, 0.15) is 11.4 Å². The van der Waals surface area contributed by atoms with Crippen molar-refractivity contribution in [2.75, 3.05) is 5.73 Å². The van der Waals surface area contributed by atoms with Crippen molar-refractivity contribution >= 4 is 5.95 Å². The van der Waals surface area contributed by atoms with E-state index in [1.54, 1.807) is 19.1 Å². The van der Waals surface area contributed by atoms with Gasteiger partial charge in [0.1, 0.15) is 0 Å². The van der Waals surface area contributed by atoms with Crippen molar-refractivity contribution in [1.82, 2.24) is 15.0 Å². The van der Waals surface area contributed by atoms with Crippen LogP contribution in [0.3, 0.4) is 0 Å². The Morgan fingerprint density at radius 1 is 1.17 bits per heavy atom. The minimum atomic E-state index is -4.55. The third-order valence-corrected chi connectivity index (χ3v) is 2.24. The van der Waals surface area contributed by atoms with Gasteiger partial charge in [0, 0.05) is 17.5 Å². The highest BCUT2D eigenvalue weighted by atomic mass is 19.4. The van der Waals surface area contributed by atoms with E-state index in [0.717, 1.165) is 11.8 Å². The van der Waals surface area contributed by atoms with E-state index in [1.165, 1.54) is 6.20 Å². The van der Waals surface area contributed by atoms with Crippen LogP contribution in [0.2, 0.25) is 0 Å². The molecule has 94 valence electrons. The second-order valence-electron chi connectivity index (χ2n) is 3.68. The Morgan fingerprint density at radius 3 is 2.44 bits per heavy atom. The van der Waals surface area contributed by atoms with Crippen LogP contribution in [0.4, 0.5) is 19.1 Å². The van der Waals surface area contributed by atoms with Gasteiger partial charge in [-0.25, -0.2) is 9.97 Å². The summed E-state index contributed by atoms with van der Waals surface area (Å²) in [7, 11) is 0. The molecule has 0 spiro atoms. The molecule has 0 radical (unpaired) electrons. The molecule has 2 heterocycles. The number of pyridine rings is 1. The van der Waals surface area contributed by atoms with Crippen molar-refractivity contribution in [3.8, 4) is 11.3 Å². The van der Waals surface area contributed by atoms with Crippen molar-refractivity contribution in [3.63, 3.8) is 0 Å². The van der Waals surface area contributed by atoms with E-state index in [9.17, 15) is 13.2 Å². The molecule has 0 saturated carbocycles. The average Bonchev–Trinajstić information content (AvgIpc) is 2.28. The highest BCUT2D eigenvalue weighted by molar-refractivity contribution is 5.59. The normalized spacial score (nSPS) is 11.6. The maximum Gasteiger partial charge on any atom is 0.433 e. The number of alkyl halides is 3. The highest BCUT2D eigenvalue weighted by Gasteiger charge is 2.33. The van der Waals surface area contributed by atoms with E-state index in [1.807, 2.05) is 0 Å². The first-order chi connectivity index (χ1) is 8.36. The summed E-state index contributed by atoms with van der Waals surface area (Å²) < 4.78 is 37.7. The molecule has 0 saturated heterocycles. The molecule has 2 aromatic rings. The SMILES string of the molecule is Cc1ccc(-c2cc(C(F)(F)F)nc(N)n2)cn1. The molecule has 0 aromatic carbocycles. The monoisotopic (exact) mass is 254 g/mol. The van der Waals surface area contributed by atoms with Crippen LogP contribution in [0.5, 0.6) is 0 Å². The van der Waals surface area contributed by atoms with Crippen molar-refractivity contribution in [2.24, 2.45) is 0 Å². The number of anilines is 1. The zero-order valence-corrected chi connectivity index (χ0v) is 9.36. The van der Waals surface area contributed by atoms with Gasteiger partial charge in [0.05, 0.1) is 5.69 Å². The number of nitrogens with two attached hydrogens (primary N) is 1. The van der Waals surface area contributed by atoms with E-state index in [-0.39, 0.29) is 5.69 Å². The van der Waals surface area contributed by atoms with Crippen LogP contribution in [0.15, 0.2) is 24.4 Å². The van der Waals surface area contributed by atoms with Gasteiger partial charge >= 0.3 is 6.18 Å². The largest absolute Gasteiger partial charge is 0.433 e. The topological polar surface area (TPSA) is 64.7 Å². The Kier molecular flexibility index (Phi) is 2.90. The zero-order chi connectivity index (χ0) is 13.3. The summed E-state index contributed by atoms with van der Waals surface area (Å²) in [5, 5.41) is 0. The first-order valence-electron chi connectivity index (χ1n) is 5.01. The smallest absolute Gasteiger partial charge is 0.368 e. The van der Waals surface area contributed by atoms with Crippen molar-refractivity contribution < 1.29 is 13.2 Å². The lowest BCUT2D eigenvalue weighted by Gasteiger charge is -2.08. The number of hydrogen-bond donors (Lipinski definition) is 1. The van der Waals surface area contributed by atoms with Gasteiger partial charge in [-0.2, -0.15) is 13.2 Å². The first kappa shape index (κ1) is 12.3. The van der Waals surface area contributed by atoms with Gasteiger partial charge in [0.15, 0.2) is 5.69 Å². The predicted molar refractivity (Wildman–Crippen MR) is 59.4 cm³/mol. The Balaban J connectivity index is 2.52. The second kappa shape index (κ2) is 4.25. The van der Waals surface area contributed by atoms with Crippen molar-refractivity contribution in [2.45, 2.75) is 13.1 Å². The third-order valence-electron chi connectivity index (χ3n) is 2.24. The summed E-state index contributed by atoms with van der Waals surface area (Å²) in [5.74, 6) is -0.416. The molecule has 0 bridgehead atoms. The fraction of sp³-hybridized carbons (Fsp3) is 0.182. The van der Waals surface area contributed by atoms with Crippen LogP contribution in [0, 0.1) is 6.92 Å². The zero-order valence-electron chi connectivity index (χ0n) is 9.36. The summed E-state index contributed by atoms with van der Waals surface area (Å²) >= 11 is 0. The summed E-state index contributed by atoms with van der Waals surface area (Å²) in [6, 6.07) is 4.16. The lowest BCUT2D eigenvalue weighted by Crippen LogP contribution is -2.11. The fourth-order valence-corrected chi connectivity index (χ4v) is 1.38. The van der Waals surface area contributed by atoms with Crippen molar-refractivity contribution in [1.29, 1.82) is 0 Å². The Bertz CT molecular complexity index is 563. The molecule has 0 fully saturated rings. The minimum absolute atomic E-state index is 0.0994. The van der Waals surface area contributed by atoms with Crippen LogP contribution < -0.4 is 5.73 Å². The summed E-state index contributed by atoms with van der Waals surface area (Å²) in [5.41, 5.74) is 5.54. The maximum absolute atomic E-state index is 12.6. The van der Waals surface area contributed by atoms with Crippen molar-refractivity contribution in [3.05, 3.63) is 35.8 Å². The van der Waals surface area contributed by atoms with Gasteiger partial charge in [0.2, 0.25) is 5.95 Å². The van der Waals surface area contributed by atoms with Crippen LogP contribution in [-0.2, 0) is 6.18 Å². The Morgan fingerprint density at radius 2 is 1.89 bits per heavy atom. The van der Waals surface area contributed by atoms with E-state index in [4.69, 9.17) is 5.73 Å². The molecule has 2 rings (SSSR count). The van der Waals surface area contributed by atoms with Gasteiger partial charge in [-0.05, 0) is 25.1 Å². The summed E-state index contributed by atoms with van der Waals surface area (Å²) in [4.78, 5) is 10.9. The molecule has 0 unspecified atom stereocenters. The van der Waals surface area contributed by atoms with E-state index in [0.29, 0.717) is 5.56 Å². The van der Waals surface area contributed by atoms with Gasteiger partial charge in [-0.15, -0.1) is 0 Å². The molecular formula is C11H9F3N4.